The second-order valence-corrected chi connectivity index (χ2v) is 7.42. The maximum Gasteiger partial charge on any atom is 0.0432 e. The van der Waals surface area contributed by atoms with Gasteiger partial charge in [-0.15, -0.1) is 0 Å². The Hall–Kier alpha value is -1.80. The van der Waals surface area contributed by atoms with Gasteiger partial charge in [0, 0.05) is 30.9 Å². The minimum absolute atomic E-state index is 0.608. The molecular weight excluding hydrogens is 292 g/mol. The lowest BCUT2D eigenvalue weighted by molar-refractivity contribution is 0.127. The molecule has 0 spiro atoms. The van der Waals surface area contributed by atoms with Gasteiger partial charge in [0.25, 0.3) is 0 Å². The molecule has 2 nitrogen and oxygen atoms in total. The highest BCUT2D eigenvalue weighted by Gasteiger charge is 2.31. The van der Waals surface area contributed by atoms with Crippen molar-refractivity contribution in [1.82, 2.24) is 4.90 Å². The van der Waals surface area contributed by atoms with Gasteiger partial charge in [0.05, 0.1) is 0 Å². The standard InChI is InChI=1S/C22H30N2/c1-18(2)22-16-21(14-15-23(22)3)24(20-12-8-5-9-13-20)17-19-10-6-4-7-11-19/h4-13,18,21-22H,14-17H2,1-3H3/t21-,22+/m0/s1. The molecule has 1 saturated heterocycles. The minimum Gasteiger partial charge on any atom is -0.364 e. The van der Waals surface area contributed by atoms with Crippen molar-refractivity contribution in [2.24, 2.45) is 5.92 Å². The molecule has 1 fully saturated rings. The molecule has 0 bridgehead atoms. The summed E-state index contributed by atoms with van der Waals surface area (Å²) in [6.07, 6.45) is 2.48. The van der Waals surface area contributed by atoms with Crippen molar-refractivity contribution in [3.63, 3.8) is 0 Å². The predicted octanol–water partition coefficient (Wildman–Crippen LogP) is 4.81. The SMILES string of the molecule is CC(C)[C@H]1C[C@@H](N(Cc2ccccc2)c2ccccc2)CCN1C. The average Bonchev–Trinajstić information content (AvgIpc) is 2.62. The van der Waals surface area contributed by atoms with Crippen molar-refractivity contribution in [3.05, 3.63) is 66.2 Å². The molecule has 0 aliphatic carbocycles. The molecule has 0 N–H and O–H groups in total. The quantitative estimate of drug-likeness (QED) is 0.779. The number of likely N-dealkylation sites (tertiary alicyclic amines) is 1. The second kappa shape index (κ2) is 7.85. The van der Waals surface area contributed by atoms with Gasteiger partial charge in [-0.3, -0.25) is 0 Å². The van der Waals surface area contributed by atoms with Crippen LogP contribution in [0.3, 0.4) is 0 Å². The third kappa shape index (κ3) is 3.99. The number of anilines is 1. The number of rotatable bonds is 5. The molecule has 0 saturated carbocycles. The first-order valence-electron chi connectivity index (χ1n) is 9.21. The smallest absolute Gasteiger partial charge is 0.0432 e. The van der Waals surface area contributed by atoms with Crippen molar-refractivity contribution >= 4 is 5.69 Å². The maximum absolute atomic E-state index is 2.62. The summed E-state index contributed by atoms with van der Waals surface area (Å²) in [5.74, 6) is 0.701. The first-order chi connectivity index (χ1) is 11.6. The molecule has 0 unspecified atom stereocenters. The van der Waals surface area contributed by atoms with E-state index in [9.17, 15) is 0 Å². The molecule has 1 aliphatic heterocycles. The number of hydrogen-bond donors (Lipinski definition) is 0. The highest BCUT2D eigenvalue weighted by Crippen LogP contribution is 2.30. The van der Waals surface area contributed by atoms with E-state index in [1.807, 2.05) is 0 Å². The summed E-state index contributed by atoms with van der Waals surface area (Å²) < 4.78 is 0. The van der Waals surface area contributed by atoms with Gasteiger partial charge in [0.2, 0.25) is 0 Å². The van der Waals surface area contributed by atoms with Crippen LogP contribution in [0.2, 0.25) is 0 Å². The number of benzene rings is 2. The van der Waals surface area contributed by atoms with E-state index >= 15 is 0 Å². The lowest BCUT2D eigenvalue weighted by atomic mass is 9.88. The number of para-hydroxylation sites is 1. The Labute approximate surface area is 147 Å². The highest BCUT2D eigenvalue weighted by atomic mass is 15.2. The first kappa shape index (κ1) is 17.0. The lowest BCUT2D eigenvalue weighted by Crippen LogP contribution is -2.50. The van der Waals surface area contributed by atoms with Gasteiger partial charge in [0.15, 0.2) is 0 Å². The minimum atomic E-state index is 0.608. The average molecular weight is 322 g/mol. The summed E-state index contributed by atoms with van der Waals surface area (Å²) in [4.78, 5) is 5.17. The Morgan fingerprint density at radius 2 is 1.62 bits per heavy atom. The zero-order valence-corrected chi connectivity index (χ0v) is 15.2. The van der Waals surface area contributed by atoms with E-state index in [0.29, 0.717) is 18.0 Å². The molecule has 2 aromatic carbocycles. The number of hydrogen-bond acceptors (Lipinski definition) is 2. The van der Waals surface area contributed by atoms with Crippen molar-refractivity contribution < 1.29 is 0 Å². The summed E-state index contributed by atoms with van der Waals surface area (Å²) in [5, 5.41) is 0. The summed E-state index contributed by atoms with van der Waals surface area (Å²) in [7, 11) is 2.28. The Kier molecular flexibility index (Phi) is 5.57. The molecule has 2 heteroatoms. The maximum atomic E-state index is 2.62. The van der Waals surface area contributed by atoms with Crippen LogP contribution >= 0.6 is 0 Å². The van der Waals surface area contributed by atoms with Gasteiger partial charge >= 0.3 is 0 Å². The van der Waals surface area contributed by atoms with E-state index in [4.69, 9.17) is 0 Å². The predicted molar refractivity (Wildman–Crippen MR) is 103 cm³/mol. The first-order valence-corrected chi connectivity index (χ1v) is 9.21. The van der Waals surface area contributed by atoms with Crippen molar-refractivity contribution in [2.75, 3.05) is 18.5 Å². The zero-order chi connectivity index (χ0) is 16.9. The van der Waals surface area contributed by atoms with Gasteiger partial charge in [-0.05, 0) is 43.5 Å². The largest absolute Gasteiger partial charge is 0.364 e. The van der Waals surface area contributed by atoms with E-state index in [-0.39, 0.29) is 0 Å². The highest BCUT2D eigenvalue weighted by molar-refractivity contribution is 5.48. The monoisotopic (exact) mass is 322 g/mol. The van der Waals surface area contributed by atoms with Crippen LogP contribution in [0, 0.1) is 5.92 Å². The van der Waals surface area contributed by atoms with Crippen LogP contribution in [0.5, 0.6) is 0 Å². The van der Waals surface area contributed by atoms with Crippen LogP contribution in [0.1, 0.15) is 32.3 Å². The van der Waals surface area contributed by atoms with Crippen LogP contribution in [-0.4, -0.2) is 30.6 Å². The Morgan fingerprint density at radius 1 is 1.00 bits per heavy atom. The number of nitrogens with zero attached hydrogens (tertiary/aromatic N) is 2. The fourth-order valence-corrected chi connectivity index (χ4v) is 3.99. The Balaban J connectivity index is 1.84. The molecule has 24 heavy (non-hydrogen) atoms. The molecule has 0 aromatic heterocycles. The van der Waals surface area contributed by atoms with Gasteiger partial charge < -0.3 is 9.80 Å². The van der Waals surface area contributed by atoms with Crippen LogP contribution in [0.15, 0.2) is 60.7 Å². The number of piperidine rings is 1. The second-order valence-electron chi connectivity index (χ2n) is 7.42. The molecule has 1 aliphatic rings. The molecule has 0 radical (unpaired) electrons. The normalized spacial score (nSPS) is 21.8. The van der Waals surface area contributed by atoms with E-state index in [1.165, 1.54) is 30.6 Å². The summed E-state index contributed by atoms with van der Waals surface area (Å²) >= 11 is 0. The van der Waals surface area contributed by atoms with E-state index in [2.05, 4.69) is 91.4 Å². The van der Waals surface area contributed by atoms with E-state index in [0.717, 1.165) is 6.54 Å². The summed E-state index contributed by atoms with van der Waals surface area (Å²) in [5.41, 5.74) is 2.74. The summed E-state index contributed by atoms with van der Waals surface area (Å²) in [6.45, 7) is 6.89. The van der Waals surface area contributed by atoms with Crippen LogP contribution < -0.4 is 4.90 Å². The van der Waals surface area contributed by atoms with Crippen molar-refractivity contribution in [3.8, 4) is 0 Å². The van der Waals surface area contributed by atoms with Crippen molar-refractivity contribution in [2.45, 2.75) is 45.3 Å². The van der Waals surface area contributed by atoms with Gasteiger partial charge in [-0.25, -0.2) is 0 Å². The fraction of sp³-hybridized carbons (Fsp3) is 0.455. The van der Waals surface area contributed by atoms with Crippen LogP contribution in [0.4, 0.5) is 5.69 Å². The Morgan fingerprint density at radius 3 is 2.25 bits per heavy atom. The Bertz CT molecular complexity index is 608. The van der Waals surface area contributed by atoms with Crippen LogP contribution in [0.25, 0.3) is 0 Å². The molecule has 0 amide bonds. The third-order valence-corrected chi connectivity index (χ3v) is 5.39. The van der Waals surface area contributed by atoms with Crippen molar-refractivity contribution in [1.29, 1.82) is 0 Å². The molecule has 1 heterocycles. The van der Waals surface area contributed by atoms with Gasteiger partial charge in [0.1, 0.15) is 0 Å². The molecule has 128 valence electrons. The summed E-state index contributed by atoms with van der Waals surface area (Å²) in [6, 6.07) is 23.1. The van der Waals surface area contributed by atoms with Gasteiger partial charge in [-0.1, -0.05) is 62.4 Å². The van der Waals surface area contributed by atoms with E-state index in [1.54, 1.807) is 0 Å². The molecular formula is C22H30N2. The molecule has 3 rings (SSSR count). The fourth-order valence-electron chi connectivity index (χ4n) is 3.99. The topological polar surface area (TPSA) is 6.48 Å². The van der Waals surface area contributed by atoms with Gasteiger partial charge in [-0.2, -0.15) is 0 Å². The zero-order valence-electron chi connectivity index (χ0n) is 15.2. The molecule has 2 atom stereocenters. The lowest BCUT2D eigenvalue weighted by Gasteiger charge is -2.44. The third-order valence-electron chi connectivity index (χ3n) is 5.39. The van der Waals surface area contributed by atoms with E-state index < -0.39 is 0 Å². The van der Waals surface area contributed by atoms with Crippen LogP contribution in [-0.2, 0) is 6.54 Å². The molecule has 2 aromatic rings.